The first-order valence-electron chi connectivity index (χ1n) is 6.63. The molecule has 0 saturated carbocycles. The van der Waals surface area contributed by atoms with Crippen molar-refractivity contribution in [3.63, 3.8) is 0 Å². The molecule has 0 amide bonds. The van der Waals surface area contributed by atoms with Gasteiger partial charge in [-0.25, -0.2) is 4.79 Å². The van der Waals surface area contributed by atoms with Crippen molar-refractivity contribution in [1.82, 2.24) is 0 Å². The first kappa shape index (κ1) is 15.8. The molecule has 3 nitrogen and oxygen atoms in total. The summed E-state index contributed by atoms with van der Waals surface area (Å²) in [6.45, 7) is 13.1. The number of carbonyl (C=O) groups excluding carboxylic acids is 1. The summed E-state index contributed by atoms with van der Waals surface area (Å²) in [5.41, 5.74) is 0.540. The standard InChI is InChI=1S/C15H24O3Si/c1-7-17-14(16)12-9-8-10-13(11-12)18-19(5,6)15(2,3)4/h8-11H,7H2,1-6H3. The van der Waals surface area contributed by atoms with E-state index in [0.29, 0.717) is 12.2 Å². The van der Waals surface area contributed by atoms with Crippen LogP contribution in [0.15, 0.2) is 24.3 Å². The normalized spacial score (nSPS) is 12.1. The fourth-order valence-electron chi connectivity index (χ4n) is 1.35. The van der Waals surface area contributed by atoms with Gasteiger partial charge >= 0.3 is 5.97 Å². The van der Waals surface area contributed by atoms with Crippen LogP contribution in [0.3, 0.4) is 0 Å². The maximum Gasteiger partial charge on any atom is 0.338 e. The van der Waals surface area contributed by atoms with Gasteiger partial charge in [-0.05, 0) is 43.3 Å². The molecule has 1 aromatic carbocycles. The first-order valence-corrected chi connectivity index (χ1v) is 9.54. The second kappa shape index (κ2) is 5.78. The van der Waals surface area contributed by atoms with Gasteiger partial charge in [0.1, 0.15) is 5.75 Å². The van der Waals surface area contributed by atoms with E-state index in [2.05, 4.69) is 33.9 Å². The molecule has 19 heavy (non-hydrogen) atoms. The third-order valence-corrected chi connectivity index (χ3v) is 7.88. The van der Waals surface area contributed by atoms with Crippen molar-refractivity contribution in [3.05, 3.63) is 29.8 Å². The fraction of sp³-hybridized carbons (Fsp3) is 0.533. The number of rotatable bonds is 4. The van der Waals surface area contributed by atoms with E-state index in [1.165, 1.54) is 0 Å². The summed E-state index contributed by atoms with van der Waals surface area (Å²) in [4.78, 5) is 11.7. The zero-order chi connectivity index (χ0) is 14.7. The molecule has 0 aliphatic rings. The Kier molecular flexibility index (Phi) is 4.79. The molecule has 1 aromatic rings. The molecule has 0 atom stereocenters. The maximum absolute atomic E-state index is 11.7. The molecule has 0 saturated heterocycles. The van der Waals surface area contributed by atoms with Crippen LogP contribution in [0.25, 0.3) is 0 Å². The molecular weight excluding hydrogens is 256 g/mol. The number of hydrogen-bond acceptors (Lipinski definition) is 3. The van der Waals surface area contributed by atoms with Gasteiger partial charge in [-0.2, -0.15) is 0 Å². The van der Waals surface area contributed by atoms with Crippen LogP contribution in [0.1, 0.15) is 38.1 Å². The first-order chi connectivity index (χ1) is 8.67. The second-order valence-corrected chi connectivity index (χ2v) is 10.8. The highest BCUT2D eigenvalue weighted by atomic mass is 28.4. The third-order valence-electron chi connectivity index (χ3n) is 3.52. The third kappa shape index (κ3) is 4.09. The van der Waals surface area contributed by atoms with E-state index in [4.69, 9.17) is 9.16 Å². The van der Waals surface area contributed by atoms with Crippen molar-refractivity contribution in [2.75, 3.05) is 6.61 Å². The lowest BCUT2D eigenvalue weighted by Gasteiger charge is -2.36. The number of carbonyl (C=O) groups is 1. The number of benzene rings is 1. The van der Waals surface area contributed by atoms with Crippen molar-refractivity contribution in [3.8, 4) is 5.75 Å². The van der Waals surface area contributed by atoms with E-state index in [0.717, 1.165) is 5.75 Å². The number of esters is 1. The molecular formula is C15H24O3Si. The Hall–Kier alpha value is -1.29. The SMILES string of the molecule is CCOC(=O)c1cccc(O[Si](C)(C)C(C)(C)C)c1. The summed E-state index contributed by atoms with van der Waals surface area (Å²) in [5, 5.41) is 0.132. The van der Waals surface area contributed by atoms with Gasteiger partial charge < -0.3 is 9.16 Å². The van der Waals surface area contributed by atoms with Crippen LogP contribution in [0.2, 0.25) is 18.1 Å². The topological polar surface area (TPSA) is 35.5 Å². The summed E-state index contributed by atoms with van der Waals surface area (Å²) in [6, 6.07) is 7.23. The predicted octanol–water partition coefficient (Wildman–Crippen LogP) is 4.25. The fourth-order valence-corrected chi connectivity index (χ4v) is 2.37. The molecule has 0 N–H and O–H groups in total. The van der Waals surface area contributed by atoms with E-state index in [1.807, 2.05) is 12.1 Å². The molecule has 0 heterocycles. The molecule has 4 heteroatoms. The largest absolute Gasteiger partial charge is 0.543 e. The lowest BCUT2D eigenvalue weighted by molar-refractivity contribution is 0.0526. The van der Waals surface area contributed by atoms with Crippen LogP contribution in [-0.4, -0.2) is 20.9 Å². The zero-order valence-corrected chi connectivity index (χ0v) is 13.7. The molecule has 0 spiro atoms. The minimum atomic E-state index is -1.87. The van der Waals surface area contributed by atoms with Crippen molar-refractivity contribution >= 4 is 14.3 Å². The quantitative estimate of drug-likeness (QED) is 0.611. The van der Waals surface area contributed by atoms with E-state index < -0.39 is 8.32 Å². The summed E-state index contributed by atoms with van der Waals surface area (Å²) in [6.07, 6.45) is 0. The van der Waals surface area contributed by atoms with E-state index in [9.17, 15) is 4.79 Å². The van der Waals surface area contributed by atoms with Crippen LogP contribution in [-0.2, 0) is 4.74 Å². The van der Waals surface area contributed by atoms with E-state index >= 15 is 0 Å². The molecule has 1 rings (SSSR count). The van der Waals surface area contributed by atoms with Gasteiger partial charge in [0.05, 0.1) is 12.2 Å². The van der Waals surface area contributed by atoms with Gasteiger partial charge in [0.25, 0.3) is 0 Å². The molecule has 0 aliphatic carbocycles. The maximum atomic E-state index is 11.7. The summed E-state index contributed by atoms with van der Waals surface area (Å²) < 4.78 is 11.2. The Balaban J connectivity index is 2.92. The second-order valence-electron chi connectivity index (χ2n) is 6.11. The van der Waals surface area contributed by atoms with Crippen molar-refractivity contribution < 1.29 is 14.0 Å². The van der Waals surface area contributed by atoms with Crippen molar-refractivity contribution in [1.29, 1.82) is 0 Å². The summed E-state index contributed by atoms with van der Waals surface area (Å²) >= 11 is 0. The minimum Gasteiger partial charge on any atom is -0.543 e. The lowest BCUT2D eigenvalue weighted by atomic mass is 10.2. The molecule has 0 radical (unpaired) electrons. The van der Waals surface area contributed by atoms with Gasteiger partial charge in [0.15, 0.2) is 0 Å². The summed E-state index contributed by atoms with van der Waals surface area (Å²) in [5.74, 6) is 0.445. The zero-order valence-electron chi connectivity index (χ0n) is 12.7. The Morgan fingerprint density at radius 1 is 1.26 bits per heavy atom. The van der Waals surface area contributed by atoms with Gasteiger partial charge in [-0.15, -0.1) is 0 Å². The minimum absolute atomic E-state index is 0.132. The Morgan fingerprint density at radius 3 is 2.42 bits per heavy atom. The molecule has 0 aromatic heterocycles. The summed E-state index contributed by atoms with van der Waals surface area (Å²) in [7, 11) is -1.87. The molecule has 0 aliphatic heterocycles. The van der Waals surface area contributed by atoms with Gasteiger partial charge in [0, 0.05) is 0 Å². The highest BCUT2D eigenvalue weighted by molar-refractivity contribution is 6.74. The average molecular weight is 280 g/mol. The van der Waals surface area contributed by atoms with Crippen molar-refractivity contribution in [2.45, 2.75) is 45.8 Å². The Labute approximate surface area is 117 Å². The highest BCUT2D eigenvalue weighted by Crippen LogP contribution is 2.37. The van der Waals surface area contributed by atoms with E-state index in [-0.39, 0.29) is 11.0 Å². The van der Waals surface area contributed by atoms with Crippen LogP contribution < -0.4 is 4.43 Å². The number of ether oxygens (including phenoxy) is 1. The van der Waals surface area contributed by atoms with Gasteiger partial charge in [-0.1, -0.05) is 26.8 Å². The lowest BCUT2D eigenvalue weighted by Crippen LogP contribution is -2.43. The Morgan fingerprint density at radius 2 is 1.89 bits per heavy atom. The highest BCUT2D eigenvalue weighted by Gasteiger charge is 2.39. The molecule has 0 unspecified atom stereocenters. The monoisotopic (exact) mass is 280 g/mol. The smallest absolute Gasteiger partial charge is 0.338 e. The Bertz CT molecular complexity index is 447. The van der Waals surface area contributed by atoms with Crippen LogP contribution in [0, 0.1) is 0 Å². The molecule has 0 fully saturated rings. The number of hydrogen-bond donors (Lipinski definition) is 0. The predicted molar refractivity (Wildman–Crippen MR) is 80.2 cm³/mol. The van der Waals surface area contributed by atoms with Crippen LogP contribution in [0.4, 0.5) is 0 Å². The van der Waals surface area contributed by atoms with E-state index in [1.54, 1.807) is 19.1 Å². The molecule has 106 valence electrons. The van der Waals surface area contributed by atoms with Crippen molar-refractivity contribution in [2.24, 2.45) is 0 Å². The molecule has 0 bridgehead atoms. The van der Waals surface area contributed by atoms with Gasteiger partial charge in [0.2, 0.25) is 8.32 Å². The van der Waals surface area contributed by atoms with Crippen LogP contribution in [0.5, 0.6) is 5.75 Å². The van der Waals surface area contributed by atoms with Crippen LogP contribution >= 0.6 is 0 Å². The average Bonchev–Trinajstić information content (AvgIpc) is 2.27. The van der Waals surface area contributed by atoms with Gasteiger partial charge in [-0.3, -0.25) is 0 Å².